The summed E-state index contributed by atoms with van der Waals surface area (Å²) in [6, 6.07) is 9.45. The number of carbonyl (C=O) groups excluding carboxylic acids is 1. The van der Waals surface area contributed by atoms with Gasteiger partial charge in [-0.05, 0) is 56.9 Å². The third-order valence-corrected chi connectivity index (χ3v) is 6.56. The molecule has 0 bridgehead atoms. The third-order valence-electron chi connectivity index (χ3n) is 6.56. The monoisotopic (exact) mass is 466 g/mol. The maximum Gasteiger partial charge on any atom is 0.341 e. The van der Waals surface area contributed by atoms with Crippen LogP contribution in [-0.4, -0.2) is 35.8 Å². The van der Waals surface area contributed by atoms with Crippen molar-refractivity contribution in [2.75, 3.05) is 20.3 Å². The first-order valence-corrected chi connectivity index (χ1v) is 11.6. The largest absolute Gasteiger partial charge is 0.485 e. The molecule has 0 amide bonds. The first-order valence-electron chi connectivity index (χ1n) is 11.6. The van der Waals surface area contributed by atoms with Crippen molar-refractivity contribution in [3.63, 3.8) is 0 Å². The zero-order chi connectivity index (χ0) is 23.8. The molecule has 5 rings (SSSR count). The van der Waals surface area contributed by atoms with Gasteiger partial charge in [0, 0.05) is 30.7 Å². The molecule has 2 aromatic carbocycles. The highest BCUT2D eigenvalue weighted by Crippen LogP contribution is 2.39. The SMILES string of the molecule is COC(=O)c1ccccc1OC(C)c1cc(F)cc2c(=O)n(C3CC3)c(C3CCOCC3)nc12. The maximum atomic E-state index is 14.7. The first-order chi connectivity index (χ1) is 16.5. The predicted octanol–water partition coefficient (Wildman–Crippen LogP) is 4.69. The summed E-state index contributed by atoms with van der Waals surface area (Å²) in [6.45, 7) is 3.01. The minimum absolute atomic E-state index is 0.112. The van der Waals surface area contributed by atoms with Gasteiger partial charge in [-0.3, -0.25) is 9.36 Å². The second kappa shape index (κ2) is 9.18. The molecule has 1 unspecified atom stereocenters. The van der Waals surface area contributed by atoms with Crippen molar-refractivity contribution >= 4 is 16.9 Å². The molecule has 0 spiro atoms. The maximum absolute atomic E-state index is 14.7. The van der Waals surface area contributed by atoms with Crippen LogP contribution in [0.5, 0.6) is 5.75 Å². The molecule has 1 saturated heterocycles. The predicted molar refractivity (Wildman–Crippen MR) is 124 cm³/mol. The van der Waals surface area contributed by atoms with Crippen molar-refractivity contribution in [3.05, 3.63) is 69.5 Å². The second-order valence-corrected chi connectivity index (χ2v) is 8.90. The number of hydrogen-bond acceptors (Lipinski definition) is 6. The number of para-hydroxylation sites is 1. The van der Waals surface area contributed by atoms with Crippen molar-refractivity contribution < 1.29 is 23.4 Å². The standard InChI is InChI=1S/C26H27FN2O5/c1-15(34-22-6-4-3-5-19(22)26(31)32-2)20-13-17(27)14-21-23(20)28-24(16-9-11-33-12-10-16)29(25(21)30)18-7-8-18/h3-6,13-16,18H,7-12H2,1-2H3. The zero-order valence-corrected chi connectivity index (χ0v) is 19.3. The van der Waals surface area contributed by atoms with E-state index >= 15 is 0 Å². The van der Waals surface area contributed by atoms with Gasteiger partial charge in [0.2, 0.25) is 0 Å². The van der Waals surface area contributed by atoms with E-state index in [0.717, 1.165) is 31.5 Å². The van der Waals surface area contributed by atoms with Gasteiger partial charge in [0.05, 0.1) is 18.0 Å². The second-order valence-electron chi connectivity index (χ2n) is 8.90. The zero-order valence-electron chi connectivity index (χ0n) is 19.3. The topological polar surface area (TPSA) is 79.7 Å². The minimum atomic E-state index is -0.671. The molecule has 2 heterocycles. The van der Waals surface area contributed by atoms with Crippen molar-refractivity contribution in [2.45, 2.75) is 50.7 Å². The number of rotatable bonds is 6. The van der Waals surface area contributed by atoms with Crippen LogP contribution in [-0.2, 0) is 9.47 Å². The summed E-state index contributed by atoms with van der Waals surface area (Å²) in [7, 11) is 1.30. The Morgan fingerprint density at radius 1 is 1.18 bits per heavy atom. The lowest BCUT2D eigenvalue weighted by Crippen LogP contribution is -2.29. The summed E-state index contributed by atoms with van der Waals surface area (Å²) in [5, 5.41) is 0.245. The Hall–Kier alpha value is -3.26. The average Bonchev–Trinajstić information content (AvgIpc) is 3.69. The number of methoxy groups -OCH3 is 1. The smallest absolute Gasteiger partial charge is 0.341 e. The van der Waals surface area contributed by atoms with E-state index < -0.39 is 17.9 Å². The number of benzene rings is 2. The van der Waals surface area contributed by atoms with Crippen molar-refractivity contribution in [3.8, 4) is 5.75 Å². The Bertz CT molecular complexity index is 1290. The fourth-order valence-electron chi connectivity index (χ4n) is 4.65. The molecule has 8 heteroatoms. The van der Waals surface area contributed by atoms with Crippen molar-refractivity contribution in [1.82, 2.24) is 9.55 Å². The van der Waals surface area contributed by atoms with Gasteiger partial charge in [0.1, 0.15) is 29.1 Å². The van der Waals surface area contributed by atoms with E-state index in [1.54, 1.807) is 35.8 Å². The lowest BCUT2D eigenvalue weighted by atomic mass is 9.98. The molecule has 3 aromatic rings. The molecule has 1 aliphatic carbocycles. The van der Waals surface area contributed by atoms with Gasteiger partial charge in [0.15, 0.2) is 0 Å². The van der Waals surface area contributed by atoms with Crippen molar-refractivity contribution in [1.29, 1.82) is 0 Å². The molecule has 1 aliphatic heterocycles. The fourth-order valence-corrected chi connectivity index (χ4v) is 4.65. The van der Waals surface area contributed by atoms with Gasteiger partial charge in [-0.1, -0.05) is 12.1 Å². The minimum Gasteiger partial charge on any atom is -0.485 e. The average molecular weight is 467 g/mol. The summed E-state index contributed by atoms with van der Waals surface area (Å²) in [5.74, 6) is 0.118. The van der Waals surface area contributed by atoms with Gasteiger partial charge >= 0.3 is 5.97 Å². The molecule has 0 radical (unpaired) electrons. The highest BCUT2D eigenvalue weighted by atomic mass is 19.1. The van der Waals surface area contributed by atoms with Crippen LogP contribution in [0.2, 0.25) is 0 Å². The third kappa shape index (κ3) is 4.18. The van der Waals surface area contributed by atoms with Crippen LogP contribution in [0.15, 0.2) is 41.2 Å². The number of aromatic nitrogens is 2. The normalized spacial score (nSPS) is 17.5. The number of fused-ring (bicyclic) bond motifs is 1. The Kier molecular flexibility index (Phi) is 6.08. The van der Waals surface area contributed by atoms with E-state index in [-0.39, 0.29) is 28.5 Å². The first kappa shape index (κ1) is 22.5. The van der Waals surface area contributed by atoms with Crippen LogP contribution in [0.25, 0.3) is 10.9 Å². The number of esters is 1. The number of ether oxygens (including phenoxy) is 3. The Morgan fingerprint density at radius 3 is 2.62 bits per heavy atom. The number of carbonyl (C=O) groups is 1. The summed E-state index contributed by atoms with van der Waals surface area (Å²) < 4.78 is 33.0. The van der Waals surface area contributed by atoms with Gasteiger partial charge in [-0.25, -0.2) is 14.2 Å². The van der Waals surface area contributed by atoms with E-state index in [4.69, 9.17) is 19.2 Å². The van der Waals surface area contributed by atoms with E-state index in [1.165, 1.54) is 19.2 Å². The highest BCUT2D eigenvalue weighted by Gasteiger charge is 2.33. The summed E-state index contributed by atoms with van der Waals surface area (Å²) >= 11 is 0. The summed E-state index contributed by atoms with van der Waals surface area (Å²) in [4.78, 5) is 30.7. The quantitative estimate of drug-likeness (QED) is 0.491. The van der Waals surface area contributed by atoms with Gasteiger partial charge in [0.25, 0.3) is 5.56 Å². The Morgan fingerprint density at radius 2 is 1.91 bits per heavy atom. The van der Waals surface area contributed by atoms with Crippen LogP contribution >= 0.6 is 0 Å². The molecule has 7 nitrogen and oxygen atoms in total. The van der Waals surface area contributed by atoms with Crippen LogP contribution in [0, 0.1) is 5.82 Å². The van der Waals surface area contributed by atoms with E-state index in [1.807, 2.05) is 0 Å². The van der Waals surface area contributed by atoms with Crippen LogP contribution in [0.3, 0.4) is 0 Å². The van der Waals surface area contributed by atoms with Crippen molar-refractivity contribution in [2.24, 2.45) is 0 Å². The molecular formula is C26H27FN2O5. The van der Waals surface area contributed by atoms with Gasteiger partial charge in [-0.2, -0.15) is 0 Å². The van der Waals surface area contributed by atoms with Crippen LogP contribution in [0.4, 0.5) is 4.39 Å². The number of nitrogens with zero attached hydrogens (tertiary/aromatic N) is 2. The molecular weight excluding hydrogens is 439 g/mol. The Labute approximate surface area is 196 Å². The molecule has 178 valence electrons. The summed E-state index contributed by atoms with van der Waals surface area (Å²) in [5.41, 5.74) is 0.956. The lowest BCUT2D eigenvalue weighted by molar-refractivity contribution is 0.0593. The van der Waals surface area contributed by atoms with Gasteiger partial charge < -0.3 is 14.2 Å². The molecule has 2 aliphatic rings. The van der Waals surface area contributed by atoms with Gasteiger partial charge in [-0.15, -0.1) is 0 Å². The number of halogens is 1. The van der Waals surface area contributed by atoms with E-state index in [9.17, 15) is 14.0 Å². The summed E-state index contributed by atoms with van der Waals surface area (Å²) in [6.07, 6.45) is 2.76. The molecule has 0 N–H and O–H groups in total. The number of hydrogen-bond donors (Lipinski definition) is 0. The molecule has 2 fully saturated rings. The molecule has 1 atom stereocenters. The van der Waals surface area contributed by atoms with E-state index in [0.29, 0.717) is 30.0 Å². The lowest BCUT2D eigenvalue weighted by Gasteiger charge is -2.26. The highest BCUT2D eigenvalue weighted by molar-refractivity contribution is 5.92. The van der Waals surface area contributed by atoms with Crippen LogP contribution < -0.4 is 10.3 Å². The Balaban J connectivity index is 1.62. The van der Waals surface area contributed by atoms with Crippen LogP contribution in [0.1, 0.15) is 72.4 Å². The molecule has 1 aromatic heterocycles. The fraction of sp³-hybridized carbons (Fsp3) is 0.423. The molecule has 34 heavy (non-hydrogen) atoms. The molecule has 1 saturated carbocycles. The van der Waals surface area contributed by atoms with E-state index in [2.05, 4.69) is 0 Å².